The van der Waals surface area contributed by atoms with Crippen LogP contribution in [0, 0.1) is 6.92 Å². The Morgan fingerprint density at radius 1 is 0.667 bits per heavy atom. The molecular formula is C20H18O3S. The fraction of sp³-hybridized carbons (Fsp3) is 0.100. The van der Waals surface area contributed by atoms with Gasteiger partial charge in [0, 0.05) is 0 Å². The molecule has 0 aromatic heterocycles. The first-order chi connectivity index (χ1) is 11.5. The van der Waals surface area contributed by atoms with Crippen LogP contribution in [-0.4, -0.2) is 15.5 Å². The summed E-state index contributed by atoms with van der Waals surface area (Å²) in [5.74, 6) is 0.789. The highest BCUT2D eigenvalue weighted by Crippen LogP contribution is 2.26. The van der Waals surface area contributed by atoms with Crippen molar-refractivity contribution in [2.45, 2.75) is 16.7 Å². The maximum absolute atomic E-state index is 12.7. The van der Waals surface area contributed by atoms with Crippen LogP contribution in [0.15, 0.2) is 82.6 Å². The van der Waals surface area contributed by atoms with Crippen LogP contribution in [-0.2, 0) is 9.84 Å². The minimum absolute atomic E-state index is 0.295. The summed E-state index contributed by atoms with van der Waals surface area (Å²) in [6.45, 7) is 1.93. The Morgan fingerprint density at radius 3 is 1.54 bits per heavy atom. The first kappa shape index (κ1) is 16.3. The normalized spacial score (nSPS) is 11.2. The highest BCUT2D eigenvalue weighted by molar-refractivity contribution is 7.91. The number of aryl methyl sites for hydroxylation is 1. The van der Waals surface area contributed by atoms with Gasteiger partial charge in [-0.1, -0.05) is 42.0 Å². The zero-order valence-corrected chi connectivity index (χ0v) is 14.4. The number of ether oxygens (including phenoxy) is 1. The van der Waals surface area contributed by atoms with Crippen molar-refractivity contribution in [1.82, 2.24) is 0 Å². The molecule has 0 atom stereocenters. The van der Waals surface area contributed by atoms with Crippen molar-refractivity contribution < 1.29 is 13.2 Å². The van der Waals surface area contributed by atoms with Gasteiger partial charge in [-0.05, 0) is 54.4 Å². The Morgan fingerprint density at radius 2 is 1.08 bits per heavy atom. The lowest BCUT2D eigenvalue weighted by atomic mass is 10.1. The second-order valence-electron chi connectivity index (χ2n) is 5.57. The number of hydrogen-bond acceptors (Lipinski definition) is 3. The number of methoxy groups -OCH3 is 1. The van der Waals surface area contributed by atoms with E-state index in [9.17, 15) is 8.42 Å². The summed E-state index contributed by atoms with van der Waals surface area (Å²) in [6, 6.07) is 21.5. The molecule has 0 aliphatic rings. The van der Waals surface area contributed by atoms with Crippen LogP contribution in [0.3, 0.4) is 0 Å². The van der Waals surface area contributed by atoms with Gasteiger partial charge < -0.3 is 4.74 Å². The van der Waals surface area contributed by atoms with E-state index in [2.05, 4.69) is 0 Å². The first-order valence-electron chi connectivity index (χ1n) is 7.57. The molecule has 0 amide bonds. The van der Waals surface area contributed by atoms with Crippen LogP contribution >= 0.6 is 0 Å². The second-order valence-corrected chi connectivity index (χ2v) is 7.52. The Bertz CT molecular complexity index is 924. The van der Waals surface area contributed by atoms with Gasteiger partial charge in [-0.3, -0.25) is 0 Å². The van der Waals surface area contributed by atoms with Gasteiger partial charge in [0.05, 0.1) is 16.9 Å². The maximum atomic E-state index is 12.7. The summed E-state index contributed by atoms with van der Waals surface area (Å²) >= 11 is 0. The van der Waals surface area contributed by atoms with E-state index in [0.29, 0.717) is 9.79 Å². The van der Waals surface area contributed by atoms with Gasteiger partial charge in [0.1, 0.15) is 5.75 Å². The molecule has 3 aromatic rings. The monoisotopic (exact) mass is 338 g/mol. The van der Waals surface area contributed by atoms with Gasteiger partial charge in [0.2, 0.25) is 9.84 Å². The van der Waals surface area contributed by atoms with Gasteiger partial charge in [-0.15, -0.1) is 0 Å². The maximum Gasteiger partial charge on any atom is 0.206 e. The van der Waals surface area contributed by atoms with E-state index in [1.54, 1.807) is 43.5 Å². The van der Waals surface area contributed by atoms with Crippen molar-refractivity contribution in [3.63, 3.8) is 0 Å². The molecule has 0 N–H and O–H groups in total. The van der Waals surface area contributed by atoms with Crippen LogP contribution in [0.1, 0.15) is 5.56 Å². The van der Waals surface area contributed by atoms with E-state index < -0.39 is 9.84 Å². The second kappa shape index (κ2) is 6.49. The standard InChI is InChI=1S/C20H18O3S/c1-15-3-11-19(12-4-15)24(21,22)20-13-7-17(8-14-20)16-5-9-18(23-2)10-6-16/h3-14H,1-2H3. The van der Waals surface area contributed by atoms with E-state index in [1.807, 2.05) is 43.3 Å². The summed E-state index contributed by atoms with van der Waals surface area (Å²) < 4.78 is 30.5. The van der Waals surface area contributed by atoms with Crippen LogP contribution in [0.2, 0.25) is 0 Å². The van der Waals surface area contributed by atoms with Crippen LogP contribution in [0.5, 0.6) is 5.75 Å². The highest BCUT2D eigenvalue weighted by Gasteiger charge is 2.17. The summed E-state index contributed by atoms with van der Waals surface area (Å²) in [6.07, 6.45) is 0. The van der Waals surface area contributed by atoms with Crippen molar-refractivity contribution in [1.29, 1.82) is 0 Å². The van der Waals surface area contributed by atoms with E-state index in [-0.39, 0.29) is 0 Å². The van der Waals surface area contributed by atoms with Gasteiger partial charge >= 0.3 is 0 Å². The first-order valence-corrected chi connectivity index (χ1v) is 9.05. The molecule has 0 fully saturated rings. The molecule has 122 valence electrons. The number of hydrogen-bond donors (Lipinski definition) is 0. The Hall–Kier alpha value is -2.59. The third kappa shape index (κ3) is 3.19. The zero-order chi connectivity index (χ0) is 17.2. The Labute approximate surface area is 142 Å². The number of sulfone groups is 1. The van der Waals surface area contributed by atoms with Gasteiger partial charge in [-0.25, -0.2) is 8.42 Å². The molecule has 4 heteroatoms. The molecule has 0 bridgehead atoms. The van der Waals surface area contributed by atoms with Crippen LogP contribution < -0.4 is 4.74 Å². The summed E-state index contributed by atoms with van der Waals surface area (Å²) in [7, 11) is -1.86. The fourth-order valence-corrected chi connectivity index (χ4v) is 3.72. The molecule has 0 radical (unpaired) electrons. The molecule has 3 rings (SSSR count). The third-order valence-electron chi connectivity index (χ3n) is 3.92. The third-order valence-corrected chi connectivity index (χ3v) is 5.70. The quantitative estimate of drug-likeness (QED) is 0.703. The number of benzene rings is 3. The lowest BCUT2D eigenvalue weighted by molar-refractivity contribution is 0.415. The van der Waals surface area contributed by atoms with Crippen molar-refractivity contribution >= 4 is 9.84 Å². The minimum atomic E-state index is -3.49. The van der Waals surface area contributed by atoms with Gasteiger partial charge in [0.25, 0.3) is 0 Å². The molecule has 0 saturated carbocycles. The molecule has 0 saturated heterocycles. The predicted octanol–water partition coefficient (Wildman–Crippen LogP) is 4.50. The van der Waals surface area contributed by atoms with Crippen molar-refractivity contribution in [3.8, 4) is 16.9 Å². The molecule has 0 spiro atoms. The summed E-state index contributed by atoms with van der Waals surface area (Å²) in [4.78, 5) is 0.605. The Balaban J connectivity index is 1.92. The van der Waals surface area contributed by atoms with Crippen molar-refractivity contribution in [2.24, 2.45) is 0 Å². The Kier molecular flexibility index (Phi) is 4.40. The highest BCUT2D eigenvalue weighted by atomic mass is 32.2. The molecule has 0 aliphatic heterocycles. The van der Waals surface area contributed by atoms with Crippen molar-refractivity contribution in [2.75, 3.05) is 7.11 Å². The SMILES string of the molecule is COc1ccc(-c2ccc(S(=O)(=O)c3ccc(C)cc3)cc2)cc1. The van der Waals surface area contributed by atoms with E-state index in [4.69, 9.17) is 4.74 Å². The lowest BCUT2D eigenvalue weighted by Crippen LogP contribution is -2.01. The molecule has 0 aliphatic carbocycles. The predicted molar refractivity (Wildman–Crippen MR) is 95.1 cm³/mol. The molecule has 0 unspecified atom stereocenters. The molecule has 24 heavy (non-hydrogen) atoms. The molecule has 3 aromatic carbocycles. The molecule has 3 nitrogen and oxygen atoms in total. The summed E-state index contributed by atoms with van der Waals surface area (Å²) in [5.41, 5.74) is 3.00. The zero-order valence-electron chi connectivity index (χ0n) is 13.6. The molecular weight excluding hydrogens is 320 g/mol. The topological polar surface area (TPSA) is 43.4 Å². The lowest BCUT2D eigenvalue weighted by Gasteiger charge is -2.07. The minimum Gasteiger partial charge on any atom is -0.497 e. The van der Waals surface area contributed by atoms with Gasteiger partial charge in [-0.2, -0.15) is 0 Å². The van der Waals surface area contributed by atoms with Gasteiger partial charge in [0.15, 0.2) is 0 Å². The van der Waals surface area contributed by atoms with Crippen molar-refractivity contribution in [3.05, 3.63) is 78.4 Å². The average molecular weight is 338 g/mol. The van der Waals surface area contributed by atoms with Crippen LogP contribution in [0.4, 0.5) is 0 Å². The summed E-state index contributed by atoms with van der Waals surface area (Å²) in [5, 5.41) is 0. The smallest absolute Gasteiger partial charge is 0.206 e. The average Bonchev–Trinajstić information content (AvgIpc) is 2.62. The molecule has 0 heterocycles. The van der Waals surface area contributed by atoms with Crippen LogP contribution in [0.25, 0.3) is 11.1 Å². The van der Waals surface area contributed by atoms with E-state index in [1.165, 1.54) is 0 Å². The van der Waals surface area contributed by atoms with E-state index >= 15 is 0 Å². The fourth-order valence-electron chi connectivity index (χ4n) is 2.46. The number of rotatable bonds is 4. The largest absolute Gasteiger partial charge is 0.497 e. The van der Waals surface area contributed by atoms with E-state index in [0.717, 1.165) is 22.4 Å².